The number of rotatable bonds is 3. The van der Waals surface area contributed by atoms with Gasteiger partial charge in [0.2, 0.25) is 0 Å². The Labute approximate surface area is 165 Å². The van der Waals surface area contributed by atoms with E-state index in [9.17, 15) is 5.11 Å². The Hall–Kier alpha value is -1.04. The molecule has 2 heterocycles. The van der Waals surface area contributed by atoms with E-state index >= 15 is 0 Å². The predicted molar refractivity (Wildman–Crippen MR) is 108 cm³/mol. The van der Waals surface area contributed by atoms with E-state index in [-0.39, 0.29) is 6.10 Å². The Morgan fingerprint density at radius 3 is 2.65 bits per heavy atom. The van der Waals surface area contributed by atoms with E-state index in [1.807, 2.05) is 24.8 Å². The van der Waals surface area contributed by atoms with Crippen LogP contribution in [0.5, 0.6) is 0 Å². The van der Waals surface area contributed by atoms with Crippen molar-refractivity contribution in [3.63, 3.8) is 0 Å². The molecule has 3 nitrogen and oxygen atoms in total. The smallest absolute Gasteiger partial charge is 0.0639 e. The fourth-order valence-electron chi connectivity index (χ4n) is 4.04. The van der Waals surface area contributed by atoms with Gasteiger partial charge < -0.3 is 5.11 Å². The summed E-state index contributed by atoms with van der Waals surface area (Å²) in [6, 6.07) is 15.4. The van der Waals surface area contributed by atoms with Gasteiger partial charge in [-0.1, -0.05) is 41.6 Å². The first-order chi connectivity index (χ1) is 12.6. The van der Waals surface area contributed by atoms with Gasteiger partial charge in [0.1, 0.15) is 0 Å². The summed E-state index contributed by atoms with van der Waals surface area (Å²) >= 11 is 8.22. The van der Waals surface area contributed by atoms with Crippen molar-refractivity contribution in [1.82, 2.24) is 9.80 Å². The third-order valence-corrected chi connectivity index (χ3v) is 6.75. The van der Waals surface area contributed by atoms with Crippen LogP contribution in [0, 0.1) is 0 Å². The van der Waals surface area contributed by atoms with E-state index in [0.717, 1.165) is 44.2 Å². The third-order valence-electron chi connectivity index (χ3n) is 5.31. The third kappa shape index (κ3) is 3.95. The van der Waals surface area contributed by atoms with Crippen molar-refractivity contribution in [2.75, 3.05) is 32.7 Å². The predicted octanol–water partition coefficient (Wildman–Crippen LogP) is 4.09. The van der Waals surface area contributed by atoms with Crippen molar-refractivity contribution in [3.05, 3.63) is 58.6 Å². The maximum atomic E-state index is 9.65. The molecular weight excluding hydrogens is 364 g/mol. The Kier molecular flexibility index (Phi) is 5.58. The maximum absolute atomic E-state index is 9.65. The number of hydrogen-bond donors (Lipinski definition) is 1. The minimum atomic E-state index is -0.262. The second kappa shape index (κ2) is 7.91. The van der Waals surface area contributed by atoms with Crippen LogP contribution < -0.4 is 0 Å². The van der Waals surface area contributed by atoms with Gasteiger partial charge in [0.15, 0.2) is 0 Å². The zero-order valence-corrected chi connectivity index (χ0v) is 16.6. The molecule has 0 aliphatic carbocycles. The van der Waals surface area contributed by atoms with Gasteiger partial charge in [0.25, 0.3) is 0 Å². The van der Waals surface area contributed by atoms with Crippen molar-refractivity contribution in [1.29, 1.82) is 0 Å². The van der Waals surface area contributed by atoms with E-state index in [2.05, 4.69) is 46.2 Å². The second-order valence-corrected chi connectivity index (χ2v) is 8.82. The molecule has 2 aromatic carbocycles. The van der Waals surface area contributed by atoms with Gasteiger partial charge in [0, 0.05) is 53.6 Å². The minimum absolute atomic E-state index is 0.262. The Balaban J connectivity index is 1.62. The lowest BCUT2D eigenvalue weighted by atomic mass is 9.96. The fourth-order valence-corrected chi connectivity index (χ4v) is 5.33. The summed E-state index contributed by atoms with van der Waals surface area (Å²) < 4.78 is 0. The van der Waals surface area contributed by atoms with Crippen LogP contribution in [-0.2, 0) is 6.42 Å². The summed E-state index contributed by atoms with van der Waals surface area (Å²) in [6.45, 7) is 6.69. The van der Waals surface area contributed by atoms with E-state index in [1.165, 1.54) is 20.9 Å². The first kappa shape index (κ1) is 18.3. The molecule has 2 unspecified atom stereocenters. The van der Waals surface area contributed by atoms with Gasteiger partial charge in [0.05, 0.1) is 6.10 Å². The van der Waals surface area contributed by atoms with Crippen LogP contribution in [0.3, 0.4) is 0 Å². The van der Waals surface area contributed by atoms with Crippen molar-refractivity contribution < 1.29 is 5.11 Å². The Bertz CT molecular complexity index is 774. The molecular formula is C21H25ClN2OS. The van der Waals surface area contributed by atoms with Crippen LogP contribution in [0.2, 0.25) is 5.02 Å². The molecule has 2 aliphatic heterocycles. The lowest BCUT2D eigenvalue weighted by molar-refractivity contribution is 0.0611. The first-order valence-corrected chi connectivity index (χ1v) is 10.5. The SMILES string of the molecule is CC(O)CN1CCN(C2Cc3ccccc3Sc3ccc(Cl)cc32)CC1. The van der Waals surface area contributed by atoms with E-state index < -0.39 is 0 Å². The second-order valence-electron chi connectivity index (χ2n) is 7.30. The molecule has 5 heteroatoms. The van der Waals surface area contributed by atoms with Crippen molar-refractivity contribution >= 4 is 23.4 Å². The highest BCUT2D eigenvalue weighted by Gasteiger charge is 2.30. The van der Waals surface area contributed by atoms with Crippen LogP contribution >= 0.6 is 23.4 Å². The zero-order valence-electron chi connectivity index (χ0n) is 15.1. The number of aliphatic hydroxyl groups is 1. The first-order valence-electron chi connectivity index (χ1n) is 9.30. The quantitative estimate of drug-likeness (QED) is 0.856. The normalized spacial score (nSPS) is 22.3. The number of fused-ring (bicyclic) bond motifs is 2. The highest BCUT2D eigenvalue weighted by molar-refractivity contribution is 7.99. The monoisotopic (exact) mass is 388 g/mol. The molecule has 0 bridgehead atoms. The number of nitrogens with zero attached hydrogens (tertiary/aromatic N) is 2. The van der Waals surface area contributed by atoms with Gasteiger partial charge in [-0.2, -0.15) is 0 Å². The number of halogens is 1. The lowest BCUT2D eigenvalue weighted by Crippen LogP contribution is -2.49. The van der Waals surface area contributed by atoms with Gasteiger partial charge in [-0.15, -0.1) is 0 Å². The van der Waals surface area contributed by atoms with Crippen molar-refractivity contribution in [3.8, 4) is 0 Å². The fraction of sp³-hybridized carbons (Fsp3) is 0.429. The molecule has 0 aromatic heterocycles. The summed E-state index contributed by atoms with van der Waals surface area (Å²) in [5.41, 5.74) is 2.77. The van der Waals surface area contributed by atoms with E-state index in [4.69, 9.17) is 11.6 Å². The van der Waals surface area contributed by atoms with Gasteiger partial charge >= 0.3 is 0 Å². The molecule has 2 aromatic rings. The average molecular weight is 389 g/mol. The average Bonchev–Trinajstić information content (AvgIpc) is 2.78. The molecule has 0 amide bonds. The standard InChI is InChI=1S/C21H25ClN2OS/c1-15(25)14-23-8-10-24(11-9-23)19-12-16-4-2-3-5-20(16)26-21-7-6-17(22)13-18(19)21/h2-7,13,15,19,25H,8-12,14H2,1H3. The molecule has 2 aliphatic rings. The number of aliphatic hydroxyl groups excluding tert-OH is 1. The highest BCUT2D eigenvalue weighted by atomic mass is 35.5. The van der Waals surface area contributed by atoms with Crippen molar-refractivity contribution in [2.45, 2.75) is 35.3 Å². The number of benzene rings is 2. The number of β-amino-alcohol motifs (C(OH)–C–C–N with tert-alkyl or cyclic N) is 1. The summed E-state index contributed by atoms with van der Waals surface area (Å²) in [4.78, 5) is 7.62. The summed E-state index contributed by atoms with van der Waals surface area (Å²) in [5.74, 6) is 0. The summed E-state index contributed by atoms with van der Waals surface area (Å²) in [6.07, 6.45) is 0.759. The summed E-state index contributed by atoms with van der Waals surface area (Å²) in [7, 11) is 0. The van der Waals surface area contributed by atoms with E-state index in [0.29, 0.717) is 6.04 Å². The maximum Gasteiger partial charge on any atom is 0.0639 e. The van der Waals surface area contributed by atoms with Crippen LogP contribution in [-0.4, -0.2) is 53.7 Å². The molecule has 1 saturated heterocycles. The van der Waals surface area contributed by atoms with Crippen LogP contribution in [0.25, 0.3) is 0 Å². The molecule has 1 fully saturated rings. The van der Waals surface area contributed by atoms with E-state index in [1.54, 1.807) is 0 Å². The molecule has 4 rings (SSSR count). The molecule has 26 heavy (non-hydrogen) atoms. The molecule has 2 atom stereocenters. The Morgan fingerprint density at radius 1 is 1.12 bits per heavy atom. The molecule has 0 spiro atoms. The molecule has 1 N–H and O–H groups in total. The minimum Gasteiger partial charge on any atom is -0.392 e. The number of piperazine rings is 1. The Morgan fingerprint density at radius 2 is 1.88 bits per heavy atom. The van der Waals surface area contributed by atoms with Gasteiger partial charge in [-0.25, -0.2) is 0 Å². The molecule has 0 radical (unpaired) electrons. The van der Waals surface area contributed by atoms with Crippen LogP contribution in [0.15, 0.2) is 52.3 Å². The highest BCUT2D eigenvalue weighted by Crippen LogP contribution is 2.43. The zero-order chi connectivity index (χ0) is 18.1. The van der Waals surface area contributed by atoms with Crippen LogP contribution in [0.1, 0.15) is 24.1 Å². The lowest BCUT2D eigenvalue weighted by Gasteiger charge is -2.40. The molecule has 0 saturated carbocycles. The topological polar surface area (TPSA) is 26.7 Å². The number of hydrogen-bond acceptors (Lipinski definition) is 4. The van der Waals surface area contributed by atoms with Gasteiger partial charge in [-0.3, -0.25) is 9.80 Å². The van der Waals surface area contributed by atoms with Crippen molar-refractivity contribution in [2.24, 2.45) is 0 Å². The van der Waals surface area contributed by atoms with Crippen LogP contribution in [0.4, 0.5) is 0 Å². The van der Waals surface area contributed by atoms with Gasteiger partial charge in [-0.05, 0) is 48.7 Å². The largest absolute Gasteiger partial charge is 0.392 e. The summed E-state index contributed by atoms with van der Waals surface area (Å²) in [5, 5.41) is 10.5. The molecule has 138 valence electrons.